The molecule has 0 aliphatic carbocycles. The average Bonchev–Trinajstić information content (AvgIpc) is 3.12. The van der Waals surface area contributed by atoms with Crippen molar-refractivity contribution >= 4 is 46.2 Å². The molecule has 1 fully saturated rings. The number of thiocarbonyl (C=S) groups is 1. The Morgan fingerprint density at radius 2 is 2.17 bits per heavy atom. The molecular weight excluding hydrogens is 334 g/mol. The Hall–Kier alpha value is -2.58. The first kappa shape index (κ1) is 15.3. The molecule has 8 heteroatoms. The highest BCUT2D eigenvalue weighted by Crippen LogP contribution is 2.31. The number of aromatic amines is 1. The Kier molecular flexibility index (Phi) is 4.18. The third-order valence-electron chi connectivity index (χ3n) is 3.02. The molecule has 0 unspecified atom stereocenters. The average molecular weight is 345 g/mol. The van der Waals surface area contributed by atoms with Crippen LogP contribution in [0.4, 0.5) is 0 Å². The maximum Gasteiger partial charge on any atom is 0.285 e. The predicted molar refractivity (Wildman–Crippen MR) is 91.4 cm³/mol. The van der Waals surface area contributed by atoms with E-state index in [-0.39, 0.29) is 15.6 Å². The fourth-order valence-corrected chi connectivity index (χ4v) is 3.12. The summed E-state index contributed by atoms with van der Waals surface area (Å²) >= 11 is 6.24. The maximum absolute atomic E-state index is 12.3. The van der Waals surface area contributed by atoms with E-state index in [9.17, 15) is 14.7 Å². The highest BCUT2D eigenvalue weighted by Gasteiger charge is 2.33. The first-order valence-electron chi connectivity index (χ1n) is 6.56. The number of benzene rings is 1. The van der Waals surface area contributed by atoms with E-state index in [2.05, 4.69) is 10.4 Å². The van der Waals surface area contributed by atoms with Crippen LogP contribution in [0.25, 0.3) is 6.08 Å². The van der Waals surface area contributed by atoms with E-state index in [1.807, 2.05) is 12.1 Å². The van der Waals surface area contributed by atoms with Crippen LogP contribution in [0.15, 0.2) is 47.5 Å². The Bertz CT molecular complexity index is 815. The summed E-state index contributed by atoms with van der Waals surface area (Å²) in [7, 11) is 0. The summed E-state index contributed by atoms with van der Waals surface area (Å²) in [5, 5.41) is 10.4. The lowest BCUT2D eigenvalue weighted by Gasteiger charge is -2.15. The topological polar surface area (TPSA) is 85.4 Å². The van der Waals surface area contributed by atoms with Crippen molar-refractivity contribution in [3.8, 4) is 5.75 Å². The second-order valence-electron chi connectivity index (χ2n) is 4.63. The van der Waals surface area contributed by atoms with Crippen LogP contribution in [0.3, 0.4) is 0 Å². The Labute approximate surface area is 141 Å². The zero-order valence-corrected chi connectivity index (χ0v) is 13.3. The Morgan fingerprint density at radius 3 is 2.87 bits per heavy atom. The highest BCUT2D eigenvalue weighted by molar-refractivity contribution is 8.26. The van der Waals surface area contributed by atoms with E-state index >= 15 is 0 Å². The van der Waals surface area contributed by atoms with Crippen molar-refractivity contribution in [3.63, 3.8) is 0 Å². The molecule has 0 saturated carbocycles. The number of hydrazine groups is 1. The van der Waals surface area contributed by atoms with Crippen molar-refractivity contribution in [2.75, 3.05) is 0 Å². The normalized spacial score (nSPS) is 16.2. The molecule has 2 heterocycles. The molecule has 6 nitrogen and oxygen atoms in total. The minimum absolute atomic E-state index is 0.0327. The summed E-state index contributed by atoms with van der Waals surface area (Å²) in [6.07, 6.45) is 3.41. The van der Waals surface area contributed by atoms with Crippen LogP contribution >= 0.6 is 24.0 Å². The van der Waals surface area contributed by atoms with E-state index < -0.39 is 11.8 Å². The number of phenolic OH excluding ortho intramolecular Hbond substituents is 1. The second kappa shape index (κ2) is 6.27. The maximum atomic E-state index is 12.3. The molecule has 1 aromatic heterocycles. The standard InChI is InChI=1S/C15H11N3O3S2/c19-11-5-1-3-9(7-11)13(20)17-18-14(21)12(23-15(18)22)8-10-4-2-6-16-10/h1-8,16,19H,(H,17,20)/b12-8-. The highest BCUT2D eigenvalue weighted by atomic mass is 32.2. The first-order valence-corrected chi connectivity index (χ1v) is 7.78. The van der Waals surface area contributed by atoms with Gasteiger partial charge in [-0.3, -0.25) is 15.0 Å². The molecule has 0 spiro atoms. The van der Waals surface area contributed by atoms with Crippen molar-refractivity contribution in [2.24, 2.45) is 0 Å². The molecule has 3 N–H and O–H groups in total. The number of thioether (sulfide) groups is 1. The molecule has 2 aromatic rings. The predicted octanol–water partition coefficient (Wildman–Crippen LogP) is 2.27. The third-order valence-corrected chi connectivity index (χ3v) is 4.33. The van der Waals surface area contributed by atoms with Gasteiger partial charge in [0.05, 0.1) is 4.91 Å². The Balaban J connectivity index is 1.77. The number of nitrogens with one attached hydrogen (secondary N) is 2. The number of aromatic nitrogens is 1. The lowest BCUT2D eigenvalue weighted by molar-refractivity contribution is -0.123. The summed E-state index contributed by atoms with van der Waals surface area (Å²) in [6, 6.07) is 9.46. The largest absolute Gasteiger partial charge is 0.508 e. The van der Waals surface area contributed by atoms with Crippen molar-refractivity contribution in [1.29, 1.82) is 0 Å². The van der Waals surface area contributed by atoms with Crippen molar-refractivity contribution < 1.29 is 14.7 Å². The SMILES string of the molecule is O=C(NN1C(=O)/C(=C/c2ccc[nH]2)SC1=S)c1cccc(O)c1. The van der Waals surface area contributed by atoms with Gasteiger partial charge in [-0.2, -0.15) is 5.01 Å². The molecular formula is C15H11N3O3S2. The smallest absolute Gasteiger partial charge is 0.285 e. The van der Waals surface area contributed by atoms with E-state index in [1.54, 1.807) is 18.3 Å². The summed E-state index contributed by atoms with van der Waals surface area (Å²) in [6.45, 7) is 0. The Morgan fingerprint density at radius 1 is 1.35 bits per heavy atom. The van der Waals surface area contributed by atoms with E-state index in [4.69, 9.17) is 12.2 Å². The van der Waals surface area contributed by atoms with Crippen LogP contribution in [0.5, 0.6) is 5.75 Å². The molecule has 1 aliphatic heterocycles. The van der Waals surface area contributed by atoms with E-state index in [0.29, 0.717) is 4.91 Å². The van der Waals surface area contributed by atoms with Crippen molar-refractivity contribution in [3.05, 3.63) is 58.8 Å². The van der Waals surface area contributed by atoms with Crippen molar-refractivity contribution in [1.82, 2.24) is 15.4 Å². The monoisotopic (exact) mass is 345 g/mol. The lowest BCUT2D eigenvalue weighted by Crippen LogP contribution is -2.44. The summed E-state index contributed by atoms with van der Waals surface area (Å²) in [5.74, 6) is -0.962. The zero-order chi connectivity index (χ0) is 16.4. The minimum atomic E-state index is -0.529. The van der Waals surface area contributed by atoms with Gasteiger partial charge in [-0.25, -0.2) is 0 Å². The van der Waals surface area contributed by atoms with Crippen LogP contribution in [-0.4, -0.2) is 31.2 Å². The first-order chi connectivity index (χ1) is 11.0. The van der Waals surface area contributed by atoms with Crippen LogP contribution in [0, 0.1) is 0 Å². The van der Waals surface area contributed by atoms with E-state index in [0.717, 1.165) is 22.5 Å². The van der Waals surface area contributed by atoms with Gasteiger partial charge in [-0.15, -0.1) is 0 Å². The van der Waals surface area contributed by atoms with Gasteiger partial charge in [-0.1, -0.05) is 17.8 Å². The van der Waals surface area contributed by atoms with Crippen LogP contribution in [0.1, 0.15) is 16.1 Å². The molecule has 0 atom stereocenters. The fraction of sp³-hybridized carbons (Fsp3) is 0. The zero-order valence-electron chi connectivity index (χ0n) is 11.6. The number of aromatic hydroxyl groups is 1. The van der Waals surface area contributed by atoms with Gasteiger partial charge in [-0.05, 0) is 48.6 Å². The molecule has 116 valence electrons. The number of carbonyl (C=O) groups is 2. The number of phenols is 1. The summed E-state index contributed by atoms with van der Waals surface area (Å²) < 4.78 is 0.237. The minimum Gasteiger partial charge on any atom is -0.508 e. The molecule has 3 rings (SSSR count). The molecule has 1 saturated heterocycles. The van der Waals surface area contributed by atoms with Gasteiger partial charge in [0, 0.05) is 17.5 Å². The fourth-order valence-electron chi connectivity index (χ4n) is 1.95. The number of hydrogen-bond donors (Lipinski definition) is 3. The number of hydrogen-bond acceptors (Lipinski definition) is 5. The lowest BCUT2D eigenvalue weighted by atomic mass is 10.2. The molecule has 23 heavy (non-hydrogen) atoms. The summed E-state index contributed by atoms with van der Waals surface area (Å²) in [4.78, 5) is 27.9. The third kappa shape index (κ3) is 3.27. The molecule has 1 aliphatic rings. The summed E-state index contributed by atoms with van der Waals surface area (Å²) in [5.41, 5.74) is 3.45. The van der Waals surface area contributed by atoms with Gasteiger partial charge in [0.1, 0.15) is 5.75 Å². The quantitative estimate of drug-likeness (QED) is 0.587. The molecule has 0 bridgehead atoms. The number of amides is 2. The van der Waals surface area contributed by atoms with E-state index in [1.165, 1.54) is 18.2 Å². The van der Waals surface area contributed by atoms with Gasteiger partial charge in [0.2, 0.25) is 0 Å². The molecule has 2 amide bonds. The van der Waals surface area contributed by atoms with Crippen LogP contribution in [-0.2, 0) is 4.79 Å². The number of rotatable bonds is 3. The number of carbonyl (C=O) groups excluding carboxylic acids is 2. The van der Waals surface area contributed by atoms with Gasteiger partial charge in [0.25, 0.3) is 11.8 Å². The molecule has 0 radical (unpaired) electrons. The number of H-pyrrole nitrogens is 1. The van der Waals surface area contributed by atoms with Gasteiger partial charge in [0.15, 0.2) is 4.32 Å². The number of nitrogens with zero attached hydrogens (tertiary/aromatic N) is 1. The van der Waals surface area contributed by atoms with Crippen LogP contribution < -0.4 is 5.43 Å². The van der Waals surface area contributed by atoms with Gasteiger partial charge >= 0.3 is 0 Å². The molecule has 1 aromatic carbocycles. The van der Waals surface area contributed by atoms with Crippen LogP contribution in [0.2, 0.25) is 0 Å². The van der Waals surface area contributed by atoms with Gasteiger partial charge < -0.3 is 10.1 Å². The van der Waals surface area contributed by atoms with Crippen molar-refractivity contribution in [2.45, 2.75) is 0 Å². The second-order valence-corrected chi connectivity index (χ2v) is 6.31.